The molecule has 7 heteroatoms. The third-order valence-electron chi connectivity index (χ3n) is 3.77. The van der Waals surface area contributed by atoms with Crippen molar-refractivity contribution in [1.29, 1.82) is 0 Å². The molecule has 3 atom stereocenters. The van der Waals surface area contributed by atoms with E-state index in [-0.39, 0.29) is 24.0 Å². The summed E-state index contributed by atoms with van der Waals surface area (Å²) in [6.07, 6.45) is -0.410. The van der Waals surface area contributed by atoms with Gasteiger partial charge in [0.15, 0.2) is 5.78 Å². The third-order valence-corrected chi connectivity index (χ3v) is 3.77. The molecule has 2 saturated heterocycles. The second-order valence-electron chi connectivity index (χ2n) is 5.37. The lowest BCUT2D eigenvalue weighted by atomic mass is 9.91. The van der Waals surface area contributed by atoms with Crippen LogP contribution >= 0.6 is 0 Å². The van der Waals surface area contributed by atoms with Crippen LogP contribution in [0.5, 0.6) is 0 Å². The van der Waals surface area contributed by atoms with Crippen LogP contribution in [0.15, 0.2) is 0 Å². The maximum absolute atomic E-state index is 12.2. The first-order valence-corrected chi connectivity index (χ1v) is 6.26. The largest absolute Gasteiger partial charge is 0.465 e. The molecule has 2 heterocycles. The molecule has 0 aromatic rings. The van der Waals surface area contributed by atoms with Crippen molar-refractivity contribution in [2.24, 2.45) is 5.92 Å². The lowest BCUT2D eigenvalue weighted by Gasteiger charge is -2.20. The molecule has 2 rings (SSSR count). The molecule has 0 aliphatic carbocycles. The summed E-state index contributed by atoms with van der Waals surface area (Å²) < 4.78 is 5.05. The Morgan fingerprint density at radius 2 is 2.26 bits per heavy atom. The highest BCUT2D eigenvalue weighted by Crippen LogP contribution is 2.31. The van der Waals surface area contributed by atoms with Crippen molar-refractivity contribution in [3.8, 4) is 0 Å². The van der Waals surface area contributed by atoms with Gasteiger partial charge in [-0.25, -0.2) is 4.79 Å². The molecule has 0 saturated carbocycles. The summed E-state index contributed by atoms with van der Waals surface area (Å²) in [6.45, 7) is 2.59. The highest BCUT2D eigenvalue weighted by Gasteiger charge is 2.51. The summed E-state index contributed by atoms with van der Waals surface area (Å²) in [5, 5.41) is 11.0. The van der Waals surface area contributed by atoms with Crippen molar-refractivity contribution < 1.29 is 24.2 Å². The van der Waals surface area contributed by atoms with E-state index in [9.17, 15) is 14.4 Å². The number of amides is 2. The first kappa shape index (κ1) is 13.8. The van der Waals surface area contributed by atoms with Gasteiger partial charge < -0.3 is 20.1 Å². The zero-order chi connectivity index (χ0) is 14.2. The average molecular weight is 270 g/mol. The molecule has 2 amide bonds. The SMILES string of the molecule is CN1CC[C@H](C[C@H](NC(=O)O)C(=O)[C@]2(C)CO2)C1=O. The average Bonchev–Trinajstić information content (AvgIpc) is 3.02. The summed E-state index contributed by atoms with van der Waals surface area (Å²) in [5.74, 6) is -0.628. The first-order valence-electron chi connectivity index (χ1n) is 6.26. The fourth-order valence-corrected chi connectivity index (χ4v) is 2.40. The monoisotopic (exact) mass is 270 g/mol. The minimum Gasteiger partial charge on any atom is -0.465 e. The van der Waals surface area contributed by atoms with Crippen LogP contribution in [-0.4, -0.2) is 59.6 Å². The Morgan fingerprint density at radius 3 is 2.68 bits per heavy atom. The highest BCUT2D eigenvalue weighted by atomic mass is 16.6. The number of ether oxygens (including phenoxy) is 1. The fourth-order valence-electron chi connectivity index (χ4n) is 2.40. The van der Waals surface area contributed by atoms with Gasteiger partial charge in [-0.1, -0.05) is 0 Å². The van der Waals surface area contributed by atoms with E-state index in [4.69, 9.17) is 9.84 Å². The number of hydrogen-bond acceptors (Lipinski definition) is 4. The second-order valence-corrected chi connectivity index (χ2v) is 5.37. The van der Waals surface area contributed by atoms with Crippen LogP contribution in [0.4, 0.5) is 4.79 Å². The number of nitrogens with zero attached hydrogens (tertiary/aromatic N) is 1. The predicted octanol–water partition coefficient (Wildman–Crippen LogP) is -0.151. The minimum absolute atomic E-state index is 0.0353. The number of carboxylic acid groups (broad SMARTS) is 1. The van der Waals surface area contributed by atoms with Crippen molar-refractivity contribution in [3.63, 3.8) is 0 Å². The third kappa shape index (κ3) is 2.86. The number of epoxide rings is 1. The Bertz CT molecular complexity index is 418. The minimum atomic E-state index is -1.26. The van der Waals surface area contributed by atoms with Gasteiger partial charge in [-0.05, 0) is 19.8 Å². The van der Waals surface area contributed by atoms with E-state index < -0.39 is 17.7 Å². The van der Waals surface area contributed by atoms with Crippen LogP contribution < -0.4 is 5.32 Å². The van der Waals surface area contributed by atoms with Gasteiger partial charge in [-0.15, -0.1) is 0 Å². The van der Waals surface area contributed by atoms with E-state index in [1.54, 1.807) is 18.9 Å². The van der Waals surface area contributed by atoms with E-state index in [0.29, 0.717) is 19.6 Å². The number of Topliss-reactive ketones (excluding diaryl/α,β-unsaturated/α-hetero) is 1. The molecule has 2 N–H and O–H groups in total. The molecule has 19 heavy (non-hydrogen) atoms. The lowest BCUT2D eigenvalue weighted by Crippen LogP contribution is -2.47. The Morgan fingerprint density at radius 1 is 1.63 bits per heavy atom. The van der Waals surface area contributed by atoms with Crippen molar-refractivity contribution in [1.82, 2.24) is 10.2 Å². The van der Waals surface area contributed by atoms with Crippen molar-refractivity contribution >= 4 is 17.8 Å². The number of rotatable bonds is 5. The molecule has 0 aromatic carbocycles. The van der Waals surface area contributed by atoms with Crippen LogP contribution in [-0.2, 0) is 14.3 Å². The van der Waals surface area contributed by atoms with Gasteiger partial charge in [0, 0.05) is 19.5 Å². The normalized spacial score (nSPS) is 31.2. The molecule has 106 valence electrons. The van der Waals surface area contributed by atoms with Gasteiger partial charge in [-0.3, -0.25) is 9.59 Å². The molecule has 0 aromatic heterocycles. The van der Waals surface area contributed by atoms with Crippen LogP contribution in [0.2, 0.25) is 0 Å². The smallest absolute Gasteiger partial charge is 0.405 e. The van der Waals surface area contributed by atoms with Crippen LogP contribution in [0.1, 0.15) is 19.8 Å². The molecule has 0 unspecified atom stereocenters. The number of nitrogens with one attached hydrogen (secondary N) is 1. The molecule has 0 bridgehead atoms. The molecular formula is C12H18N2O5. The fraction of sp³-hybridized carbons (Fsp3) is 0.750. The van der Waals surface area contributed by atoms with Gasteiger partial charge >= 0.3 is 6.09 Å². The van der Waals surface area contributed by atoms with Crippen molar-refractivity contribution in [3.05, 3.63) is 0 Å². The molecule has 0 radical (unpaired) electrons. The Labute approximate surface area is 110 Å². The van der Waals surface area contributed by atoms with E-state index in [0.717, 1.165) is 0 Å². The van der Waals surface area contributed by atoms with Crippen molar-refractivity contribution in [2.45, 2.75) is 31.4 Å². The summed E-state index contributed by atoms with van der Waals surface area (Å²) in [7, 11) is 1.70. The van der Waals surface area contributed by atoms with Gasteiger partial charge in [0.1, 0.15) is 5.60 Å². The summed E-state index contributed by atoms with van der Waals surface area (Å²) in [5.41, 5.74) is -0.888. The highest BCUT2D eigenvalue weighted by molar-refractivity contribution is 5.96. The first-order chi connectivity index (χ1) is 8.83. The van der Waals surface area contributed by atoms with Crippen LogP contribution in [0, 0.1) is 5.92 Å². The number of ketones is 1. The zero-order valence-electron chi connectivity index (χ0n) is 11.0. The summed E-state index contributed by atoms with van der Waals surface area (Å²) in [6, 6.07) is -0.884. The molecule has 7 nitrogen and oxygen atoms in total. The van der Waals surface area contributed by atoms with Crippen molar-refractivity contribution in [2.75, 3.05) is 20.2 Å². The quantitative estimate of drug-likeness (QED) is 0.677. The molecule has 2 aliphatic heterocycles. The van der Waals surface area contributed by atoms with Crippen LogP contribution in [0.3, 0.4) is 0 Å². The Balaban J connectivity index is 2.04. The van der Waals surface area contributed by atoms with Gasteiger partial charge in [0.2, 0.25) is 5.91 Å². The topological polar surface area (TPSA) is 99.2 Å². The van der Waals surface area contributed by atoms with Gasteiger partial charge in [-0.2, -0.15) is 0 Å². The zero-order valence-corrected chi connectivity index (χ0v) is 11.0. The lowest BCUT2D eigenvalue weighted by molar-refractivity contribution is -0.131. The second kappa shape index (κ2) is 4.80. The van der Waals surface area contributed by atoms with Crippen LogP contribution in [0.25, 0.3) is 0 Å². The number of likely N-dealkylation sites (tertiary alicyclic amines) is 1. The standard InChI is InChI=1S/C12H18N2O5/c1-12(6-19-12)9(15)8(13-11(17)18)5-7-3-4-14(2)10(7)16/h7-8,13H,3-6H2,1-2H3,(H,17,18)/t7-,8+,12+/m1/s1. The molecule has 2 aliphatic rings. The van der Waals surface area contributed by atoms with Gasteiger partial charge in [0.05, 0.1) is 12.6 Å². The number of carbonyl (C=O) groups excluding carboxylic acids is 2. The van der Waals surface area contributed by atoms with E-state index in [2.05, 4.69) is 5.32 Å². The maximum atomic E-state index is 12.2. The summed E-state index contributed by atoms with van der Waals surface area (Å²) in [4.78, 5) is 36.4. The maximum Gasteiger partial charge on any atom is 0.405 e. The Kier molecular flexibility index (Phi) is 3.49. The number of carbonyl (C=O) groups is 3. The Hall–Kier alpha value is -1.63. The predicted molar refractivity (Wildman–Crippen MR) is 64.7 cm³/mol. The van der Waals surface area contributed by atoms with E-state index in [1.165, 1.54) is 0 Å². The van der Waals surface area contributed by atoms with Gasteiger partial charge in [0.25, 0.3) is 0 Å². The van der Waals surface area contributed by atoms with E-state index in [1.807, 2.05) is 0 Å². The molecular weight excluding hydrogens is 252 g/mol. The summed E-state index contributed by atoms with van der Waals surface area (Å²) >= 11 is 0. The molecule has 0 spiro atoms. The molecule has 2 fully saturated rings. The van der Waals surface area contributed by atoms with E-state index >= 15 is 0 Å². The number of hydrogen-bond donors (Lipinski definition) is 2.